The molecule has 0 fully saturated rings. The number of aryl methyl sites for hydroxylation is 3. The van der Waals surface area contributed by atoms with Crippen LogP contribution in [0.25, 0.3) is 0 Å². The Morgan fingerprint density at radius 2 is 1.81 bits per heavy atom. The van der Waals surface area contributed by atoms with E-state index < -0.39 is 0 Å². The first-order valence-corrected chi connectivity index (χ1v) is 8.55. The van der Waals surface area contributed by atoms with Crippen molar-refractivity contribution in [2.75, 3.05) is 10.6 Å². The SMILES string of the molecule is Cc1ccc(NC(=O)c2cc(C)nc(Nc3cccc(Cl)c3)n2)c(C)c1. The van der Waals surface area contributed by atoms with E-state index >= 15 is 0 Å². The predicted molar refractivity (Wildman–Crippen MR) is 105 cm³/mol. The van der Waals surface area contributed by atoms with E-state index in [4.69, 9.17) is 11.6 Å². The molecular weight excluding hydrogens is 348 g/mol. The molecule has 0 saturated carbocycles. The van der Waals surface area contributed by atoms with Gasteiger partial charge in [0.15, 0.2) is 0 Å². The predicted octanol–water partition coefficient (Wildman–Crippen LogP) is 5.05. The number of carbonyl (C=O) groups excluding carboxylic acids is 1. The smallest absolute Gasteiger partial charge is 0.274 e. The lowest BCUT2D eigenvalue weighted by molar-refractivity contribution is 0.102. The molecule has 2 aromatic carbocycles. The summed E-state index contributed by atoms with van der Waals surface area (Å²) in [7, 11) is 0. The van der Waals surface area contributed by atoms with Crippen LogP contribution in [-0.4, -0.2) is 15.9 Å². The molecule has 0 saturated heterocycles. The molecule has 2 N–H and O–H groups in total. The molecule has 0 spiro atoms. The van der Waals surface area contributed by atoms with Gasteiger partial charge in [-0.05, 0) is 56.7 Å². The maximum Gasteiger partial charge on any atom is 0.274 e. The third-order valence-electron chi connectivity index (χ3n) is 3.80. The van der Waals surface area contributed by atoms with Crippen molar-refractivity contribution in [3.63, 3.8) is 0 Å². The summed E-state index contributed by atoms with van der Waals surface area (Å²) in [4.78, 5) is 21.3. The molecule has 0 radical (unpaired) electrons. The van der Waals surface area contributed by atoms with Gasteiger partial charge in [0, 0.05) is 22.1 Å². The number of carbonyl (C=O) groups is 1. The van der Waals surface area contributed by atoms with Crippen LogP contribution in [0.3, 0.4) is 0 Å². The number of hydrogen-bond donors (Lipinski definition) is 2. The van der Waals surface area contributed by atoms with Crippen molar-refractivity contribution in [2.24, 2.45) is 0 Å². The minimum Gasteiger partial charge on any atom is -0.324 e. The summed E-state index contributed by atoms with van der Waals surface area (Å²) in [5.41, 5.74) is 4.65. The van der Waals surface area contributed by atoms with E-state index in [0.717, 1.165) is 22.5 Å². The number of amides is 1. The van der Waals surface area contributed by atoms with Crippen LogP contribution in [0.1, 0.15) is 27.3 Å². The van der Waals surface area contributed by atoms with Crippen LogP contribution < -0.4 is 10.6 Å². The largest absolute Gasteiger partial charge is 0.324 e. The highest BCUT2D eigenvalue weighted by Crippen LogP contribution is 2.20. The number of nitrogens with one attached hydrogen (secondary N) is 2. The van der Waals surface area contributed by atoms with Crippen LogP contribution in [0.4, 0.5) is 17.3 Å². The maximum absolute atomic E-state index is 12.6. The van der Waals surface area contributed by atoms with Gasteiger partial charge < -0.3 is 10.6 Å². The van der Waals surface area contributed by atoms with Gasteiger partial charge in [0.2, 0.25) is 5.95 Å². The topological polar surface area (TPSA) is 66.9 Å². The summed E-state index contributed by atoms with van der Waals surface area (Å²) in [6.07, 6.45) is 0. The van der Waals surface area contributed by atoms with Crippen molar-refractivity contribution in [3.8, 4) is 0 Å². The number of benzene rings is 2. The molecule has 26 heavy (non-hydrogen) atoms. The third-order valence-corrected chi connectivity index (χ3v) is 4.03. The number of rotatable bonds is 4. The van der Waals surface area contributed by atoms with Crippen molar-refractivity contribution in [1.82, 2.24) is 9.97 Å². The highest BCUT2D eigenvalue weighted by Gasteiger charge is 2.12. The molecule has 0 atom stereocenters. The van der Waals surface area contributed by atoms with E-state index in [2.05, 4.69) is 20.6 Å². The molecule has 1 aromatic heterocycles. The second kappa shape index (κ2) is 7.54. The minimum absolute atomic E-state index is 0.281. The van der Waals surface area contributed by atoms with Gasteiger partial charge in [0.05, 0.1) is 0 Å². The summed E-state index contributed by atoms with van der Waals surface area (Å²) in [6, 6.07) is 14.8. The first kappa shape index (κ1) is 17.9. The second-order valence-corrected chi connectivity index (χ2v) is 6.56. The van der Waals surface area contributed by atoms with Crippen LogP contribution in [-0.2, 0) is 0 Å². The highest BCUT2D eigenvalue weighted by atomic mass is 35.5. The Bertz CT molecular complexity index is 972. The first-order chi connectivity index (χ1) is 12.4. The number of aromatic nitrogens is 2. The van der Waals surface area contributed by atoms with Crippen LogP contribution in [0.15, 0.2) is 48.5 Å². The standard InChI is InChI=1S/C20H19ClN4O/c1-12-7-8-17(13(2)9-12)24-19(26)18-10-14(3)22-20(25-18)23-16-6-4-5-15(21)11-16/h4-11H,1-3H3,(H,24,26)(H,22,23,25). The number of anilines is 3. The zero-order valence-corrected chi connectivity index (χ0v) is 15.6. The van der Waals surface area contributed by atoms with E-state index in [0.29, 0.717) is 22.4 Å². The molecule has 6 heteroatoms. The van der Waals surface area contributed by atoms with Gasteiger partial charge in [0.25, 0.3) is 5.91 Å². The van der Waals surface area contributed by atoms with Gasteiger partial charge in [-0.3, -0.25) is 4.79 Å². The van der Waals surface area contributed by atoms with Crippen molar-refractivity contribution in [3.05, 3.63) is 76.1 Å². The fraction of sp³-hybridized carbons (Fsp3) is 0.150. The van der Waals surface area contributed by atoms with Crippen molar-refractivity contribution < 1.29 is 4.79 Å². The summed E-state index contributed by atoms with van der Waals surface area (Å²) >= 11 is 6.00. The molecule has 3 rings (SSSR count). The van der Waals surface area contributed by atoms with E-state index in [9.17, 15) is 4.79 Å². The molecule has 1 amide bonds. The molecular formula is C20H19ClN4O. The number of nitrogens with zero attached hydrogens (tertiary/aromatic N) is 2. The molecule has 0 bridgehead atoms. The molecule has 0 unspecified atom stereocenters. The molecule has 0 aliphatic heterocycles. The van der Waals surface area contributed by atoms with E-state index in [1.165, 1.54) is 0 Å². The molecule has 0 aliphatic carbocycles. The average Bonchev–Trinajstić information content (AvgIpc) is 2.57. The maximum atomic E-state index is 12.6. The Balaban J connectivity index is 1.83. The van der Waals surface area contributed by atoms with Crippen LogP contribution >= 0.6 is 11.6 Å². The fourth-order valence-corrected chi connectivity index (χ4v) is 2.77. The Morgan fingerprint density at radius 1 is 1.00 bits per heavy atom. The Labute approximate surface area is 157 Å². The van der Waals surface area contributed by atoms with Gasteiger partial charge in [-0.25, -0.2) is 9.97 Å². The Hall–Kier alpha value is -2.92. The van der Waals surface area contributed by atoms with Gasteiger partial charge >= 0.3 is 0 Å². The lowest BCUT2D eigenvalue weighted by Gasteiger charge is -2.11. The van der Waals surface area contributed by atoms with Crippen LogP contribution in [0.5, 0.6) is 0 Å². The summed E-state index contributed by atoms with van der Waals surface area (Å²) in [5, 5.41) is 6.59. The normalized spacial score (nSPS) is 10.5. The van der Waals surface area contributed by atoms with Gasteiger partial charge in [-0.15, -0.1) is 0 Å². The Kier molecular flexibility index (Phi) is 5.19. The molecule has 132 valence electrons. The summed E-state index contributed by atoms with van der Waals surface area (Å²) in [5.74, 6) is 0.0645. The first-order valence-electron chi connectivity index (χ1n) is 8.17. The van der Waals surface area contributed by atoms with Crippen LogP contribution in [0, 0.1) is 20.8 Å². The van der Waals surface area contributed by atoms with Crippen LogP contribution in [0.2, 0.25) is 5.02 Å². The number of hydrogen-bond acceptors (Lipinski definition) is 4. The van der Waals surface area contributed by atoms with Gasteiger partial charge in [0.1, 0.15) is 5.69 Å². The highest BCUT2D eigenvalue weighted by molar-refractivity contribution is 6.30. The molecule has 5 nitrogen and oxygen atoms in total. The quantitative estimate of drug-likeness (QED) is 0.678. The van der Waals surface area contributed by atoms with E-state index in [-0.39, 0.29) is 5.91 Å². The summed E-state index contributed by atoms with van der Waals surface area (Å²) < 4.78 is 0. The second-order valence-electron chi connectivity index (χ2n) is 6.13. The number of halogens is 1. The lowest BCUT2D eigenvalue weighted by atomic mass is 10.1. The van der Waals surface area contributed by atoms with Crippen molar-refractivity contribution in [1.29, 1.82) is 0 Å². The zero-order chi connectivity index (χ0) is 18.7. The molecule has 0 aliphatic rings. The zero-order valence-electron chi connectivity index (χ0n) is 14.8. The lowest BCUT2D eigenvalue weighted by Crippen LogP contribution is -2.16. The average molecular weight is 367 g/mol. The molecule has 1 heterocycles. The third kappa shape index (κ3) is 4.37. The van der Waals surface area contributed by atoms with E-state index in [1.807, 2.05) is 51.1 Å². The minimum atomic E-state index is -0.281. The van der Waals surface area contributed by atoms with Gasteiger partial charge in [-0.2, -0.15) is 0 Å². The van der Waals surface area contributed by atoms with Gasteiger partial charge in [-0.1, -0.05) is 35.4 Å². The Morgan fingerprint density at radius 3 is 2.54 bits per heavy atom. The molecule has 3 aromatic rings. The van der Waals surface area contributed by atoms with E-state index in [1.54, 1.807) is 18.2 Å². The fourth-order valence-electron chi connectivity index (χ4n) is 2.58. The summed E-state index contributed by atoms with van der Waals surface area (Å²) in [6.45, 7) is 5.79. The van der Waals surface area contributed by atoms with Crippen molar-refractivity contribution >= 4 is 34.8 Å². The monoisotopic (exact) mass is 366 g/mol. The van der Waals surface area contributed by atoms with Crippen molar-refractivity contribution in [2.45, 2.75) is 20.8 Å².